The second kappa shape index (κ2) is 9.80. The van der Waals surface area contributed by atoms with Crippen molar-refractivity contribution in [2.24, 2.45) is 5.10 Å². The molecule has 36 heavy (non-hydrogen) atoms. The molecule has 0 spiro atoms. The molecule has 6 rings (SSSR count). The van der Waals surface area contributed by atoms with Gasteiger partial charge in [0.05, 0.1) is 12.3 Å². The van der Waals surface area contributed by atoms with E-state index in [1.807, 2.05) is 47.3 Å². The number of benzene rings is 1. The van der Waals surface area contributed by atoms with Crippen LogP contribution >= 0.6 is 11.6 Å². The number of nitrogens with zero attached hydrogens (tertiary/aromatic N) is 6. The van der Waals surface area contributed by atoms with E-state index in [9.17, 15) is 5.11 Å². The Morgan fingerprint density at radius 2 is 1.92 bits per heavy atom. The monoisotopic (exact) mass is 507 g/mol. The minimum Gasteiger partial charge on any atom is -0.395 e. The highest BCUT2D eigenvalue weighted by Crippen LogP contribution is 2.37. The predicted molar refractivity (Wildman–Crippen MR) is 143 cm³/mol. The number of aromatic nitrogens is 3. The molecule has 2 fully saturated rings. The van der Waals surface area contributed by atoms with Gasteiger partial charge in [-0.2, -0.15) is 4.98 Å². The van der Waals surface area contributed by atoms with Crippen LogP contribution in [0.1, 0.15) is 31.2 Å². The van der Waals surface area contributed by atoms with E-state index in [0.717, 1.165) is 68.8 Å². The molecule has 10 heteroatoms. The third kappa shape index (κ3) is 4.47. The normalized spacial score (nSPS) is 22.2. The number of hydrazone groups is 1. The highest BCUT2D eigenvalue weighted by molar-refractivity contribution is 6.30. The number of anilines is 2. The summed E-state index contributed by atoms with van der Waals surface area (Å²) in [6.07, 6.45) is 9.88. The molecule has 3 aliphatic rings. The molecule has 2 saturated heterocycles. The molecule has 0 bridgehead atoms. The average Bonchev–Trinajstić information content (AvgIpc) is 3.56. The van der Waals surface area contributed by atoms with Gasteiger partial charge in [-0.05, 0) is 47.8 Å². The SMILES string of the molecule is OCC1(c2ccc(Cl)cc2)CCN(c2cccn3nc(NC4C=N[N+](C5CCNCC5)=C4)nc23)CC1. The first kappa shape index (κ1) is 23.4. The van der Waals surface area contributed by atoms with Crippen LogP contribution in [0.15, 0.2) is 47.7 Å². The first-order valence-electron chi connectivity index (χ1n) is 12.8. The maximum atomic E-state index is 10.3. The molecule has 1 unspecified atom stereocenters. The summed E-state index contributed by atoms with van der Waals surface area (Å²) in [4.78, 5) is 7.18. The van der Waals surface area contributed by atoms with Gasteiger partial charge in [-0.15, -0.1) is 5.10 Å². The Kier molecular flexibility index (Phi) is 6.37. The van der Waals surface area contributed by atoms with E-state index < -0.39 is 0 Å². The van der Waals surface area contributed by atoms with Gasteiger partial charge in [-0.25, -0.2) is 4.52 Å². The lowest BCUT2D eigenvalue weighted by molar-refractivity contribution is -0.567. The van der Waals surface area contributed by atoms with Crippen molar-refractivity contribution in [3.05, 3.63) is 53.2 Å². The number of piperidine rings is 2. The summed E-state index contributed by atoms with van der Waals surface area (Å²) in [7, 11) is 0. The first-order valence-corrected chi connectivity index (χ1v) is 13.1. The number of hydrogen-bond acceptors (Lipinski definition) is 7. The van der Waals surface area contributed by atoms with Gasteiger partial charge in [-0.1, -0.05) is 28.4 Å². The molecule has 3 N–H and O–H groups in total. The fraction of sp³-hybridized carbons (Fsp3) is 0.462. The average molecular weight is 508 g/mol. The molecule has 188 valence electrons. The molecular weight excluding hydrogens is 476 g/mol. The highest BCUT2D eigenvalue weighted by atomic mass is 35.5. The van der Waals surface area contributed by atoms with Crippen LogP contribution in [-0.2, 0) is 5.41 Å². The molecule has 1 aromatic carbocycles. The summed E-state index contributed by atoms with van der Waals surface area (Å²) in [6.45, 7) is 3.85. The summed E-state index contributed by atoms with van der Waals surface area (Å²) >= 11 is 6.09. The number of halogens is 1. The summed E-state index contributed by atoms with van der Waals surface area (Å²) in [6, 6.07) is 12.4. The largest absolute Gasteiger partial charge is 0.395 e. The van der Waals surface area contributed by atoms with Gasteiger partial charge in [0.2, 0.25) is 12.2 Å². The van der Waals surface area contributed by atoms with Gasteiger partial charge in [-0.3, -0.25) is 0 Å². The number of fused-ring (bicyclic) bond motifs is 1. The van der Waals surface area contributed by atoms with Crippen molar-refractivity contribution in [2.45, 2.75) is 43.2 Å². The molecule has 1 atom stereocenters. The maximum Gasteiger partial charge on any atom is 0.244 e. The van der Waals surface area contributed by atoms with Crippen LogP contribution < -0.4 is 15.5 Å². The van der Waals surface area contributed by atoms with Crippen LogP contribution in [0.25, 0.3) is 5.65 Å². The summed E-state index contributed by atoms with van der Waals surface area (Å²) in [5.74, 6) is 0.588. The van der Waals surface area contributed by atoms with Crippen LogP contribution in [0.4, 0.5) is 11.6 Å². The fourth-order valence-corrected chi connectivity index (χ4v) is 5.74. The van der Waals surface area contributed by atoms with Crippen molar-refractivity contribution in [3.63, 3.8) is 0 Å². The Hall–Kier alpha value is -3.01. The Labute approximate surface area is 215 Å². The lowest BCUT2D eigenvalue weighted by atomic mass is 9.73. The van der Waals surface area contributed by atoms with Gasteiger partial charge < -0.3 is 20.6 Å². The molecular formula is C26H32ClN8O+. The smallest absolute Gasteiger partial charge is 0.244 e. The lowest BCUT2D eigenvalue weighted by Crippen LogP contribution is -2.45. The molecule has 0 amide bonds. The predicted octanol–water partition coefficient (Wildman–Crippen LogP) is 2.53. The van der Waals surface area contributed by atoms with Crippen LogP contribution in [0, 0.1) is 0 Å². The topological polar surface area (TPSA) is 93.1 Å². The fourth-order valence-electron chi connectivity index (χ4n) is 5.62. The molecule has 2 aromatic heterocycles. The summed E-state index contributed by atoms with van der Waals surface area (Å²) < 4.78 is 3.92. The van der Waals surface area contributed by atoms with E-state index in [4.69, 9.17) is 16.6 Å². The number of pyridine rings is 1. The lowest BCUT2D eigenvalue weighted by Gasteiger charge is -2.42. The van der Waals surface area contributed by atoms with E-state index >= 15 is 0 Å². The summed E-state index contributed by atoms with van der Waals surface area (Å²) in [5, 5.41) is 27.1. The van der Waals surface area contributed by atoms with Gasteiger partial charge in [0.1, 0.15) is 6.21 Å². The molecule has 9 nitrogen and oxygen atoms in total. The second-order valence-electron chi connectivity index (χ2n) is 9.97. The molecule has 3 aromatic rings. The zero-order valence-corrected chi connectivity index (χ0v) is 21.0. The van der Waals surface area contributed by atoms with Crippen LogP contribution in [0.3, 0.4) is 0 Å². The van der Waals surface area contributed by atoms with Crippen molar-refractivity contribution in [3.8, 4) is 0 Å². The van der Waals surface area contributed by atoms with E-state index in [1.165, 1.54) is 0 Å². The van der Waals surface area contributed by atoms with E-state index in [0.29, 0.717) is 17.0 Å². The quantitative estimate of drug-likeness (QED) is 0.444. The Balaban J connectivity index is 1.17. The van der Waals surface area contributed by atoms with Gasteiger partial charge in [0.25, 0.3) is 0 Å². The second-order valence-corrected chi connectivity index (χ2v) is 10.4. The number of nitrogens with one attached hydrogen (secondary N) is 2. The first-order chi connectivity index (χ1) is 17.6. The number of rotatable bonds is 6. The minimum atomic E-state index is -0.246. The van der Waals surface area contributed by atoms with Crippen molar-refractivity contribution >= 4 is 41.3 Å². The molecule has 0 radical (unpaired) electrons. The van der Waals surface area contributed by atoms with E-state index in [-0.39, 0.29) is 18.1 Å². The molecule has 0 saturated carbocycles. The van der Waals surface area contributed by atoms with Crippen molar-refractivity contribution in [1.29, 1.82) is 0 Å². The summed E-state index contributed by atoms with van der Waals surface area (Å²) in [5.41, 5.74) is 2.79. The zero-order chi connectivity index (χ0) is 24.5. The van der Waals surface area contributed by atoms with E-state index in [2.05, 4.69) is 42.7 Å². The third-order valence-electron chi connectivity index (χ3n) is 7.81. The van der Waals surface area contributed by atoms with Gasteiger partial charge in [0, 0.05) is 55.7 Å². The van der Waals surface area contributed by atoms with Gasteiger partial charge >= 0.3 is 0 Å². The number of hydrogen-bond donors (Lipinski definition) is 3. The Morgan fingerprint density at radius 3 is 2.67 bits per heavy atom. The molecule has 5 heterocycles. The number of aliphatic hydroxyl groups excluding tert-OH is 1. The van der Waals surface area contributed by atoms with Crippen LogP contribution in [0.5, 0.6) is 0 Å². The Bertz CT molecular complexity index is 1270. The maximum absolute atomic E-state index is 10.3. The third-order valence-corrected chi connectivity index (χ3v) is 8.07. The van der Waals surface area contributed by atoms with Crippen molar-refractivity contribution in [2.75, 3.05) is 43.0 Å². The zero-order valence-electron chi connectivity index (χ0n) is 20.2. The van der Waals surface area contributed by atoms with Crippen LogP contribution in [-0.4, -0.2) is 81.7 Å². The van der Waals surface area contributed by atoms with E-state index in [1.54, 1.807) is 0 Å². The highest BCUT2D eigenvalue weighted by Gasteiger charge is 2.36. The minimum absolute atomic E-state index is 0.0275. The number of aliphatic hydroxyl groups is 1. The standard InChI is InChI=1S/C26H32ClN8O/c27-20-5-3-19(4-6-20)26(18-36)9-14-33(15-10-26)23-2-1-13-34-24(23)31-25(32-34)30-21-16-29-35(17-21)22-7-11-28-12-8-22/h1-6,13,16-17,21-22,28,36H,7-12,14-15,18H2,(H,30,32)/q+1. The van der Waals surface area contributed by atoms with Gasteiger partial charge in [0.15, 0.2) is 17.7 Å². The van der Waals surface area contributed by atoms with Crippen molar-refractivity contribution in [1.82, 2.24) is 19.9 Å². The Morgan fingerprint density at radius 1 is 1.14 bits per heavy atom. The molecule has 0 aliphatic carbocycles. The molecule has 3 aliphatic heterocycles. The van der Waals surface area contributed by atoms with Crippen molar-refractivity contribution < 1.29 is 9.79 Å². The van der Waals surface area contributed by atoms with Crippen LogP contribution in [0.2, 0.25) is 5.02 Å².